The molecule has 14 heavy (non-hydrogen) atoms. The molecule has 0 atom stereocenters. The van der Waals surface area contributed by atoms with Crippen molar-refractivity contribution >= 4 is 29.4 Å². The molecule has 3 heteroatoms. The zero-order valence-electron chi connectivity index (χ0n) is 7.72. The average molecular weight is 226 g/mol. The van der Waals surface area contributed by atoms with Gasteiger partial charge in [-0.3, -0.25) is 4.99 Å². The highest BCUT2D eigenvalue weighted by Gasteiger charge is 1.96. The van der Waals surface area contributed by atoms with E-state index in [1.165, 1.54) is 0 Å². The van der Waals surface area contributed by atoms with Gasteiger partial charge >= 0.3 is 0 Å². The van der Waals surface area contributed by atoms with E-state index in [0.717, 1.165) is 5.56 Å². The first kappa shape index (κ1) is 11.1. The monoisotopic (exact) mass is 225 g/mol. The van der Waals surface area contributed by atoms with Crippen LogP contribution in [0.25, 0.3) is 0 Å². The number of rotatable bonds is 2. The predicted molar refractivity (Wildman–Crippen MR) is 62.4 cm³/mol. The van der Waals surface area contributed by atoms with Gasteiger partial charge in [-0.2, -0.15) is 0 Å². The first-order chi connectivity index (χ1) is 6.74. The highest BCUT2D eigenvalue weighted by molar-refractivity contribution is 6.36. The molecule has 1 aromatic rings. The van der Waals surface area contributed by atoms with E-state index in [2.05, 4.69) is 16.8 Å². The Morgan fingerprint density at radius 2 is 2.21 bits per heavy atom. The molecule has 72 valence electrons. The Hall–Kier alpha value is -0.970. The van der Waals surface area contributed by atoms with Crippen LogP contribution >= 0.6 is 23.2 Å². The van der Waals surface area contributed by atoms with Crippen LogP contribution in [0.2, 0.25) is 10.0 Å². The van der Waals surface area contributed by atoms with Gasteiger partial charge in [0.1, 0.15) is 0 Å². The van der Waals surface area contributed by atoms with E-state index in [0.29, 0.717) is 16.6 Å². The van der Waals surface area contributed by atoms with Gasteiger partial charge in [0, 0.05) is 16.8 Å². The molecule has 0 radical (unpaired) electrons. The molecule has 0 amide bonds. The smallest absolute Gasteiger partial charge is 0.0997 e. The molecule has 0 aromatic heterocycles. The van der Waals surface area contributed by atoms with E-state index in [1.54, 1.807) is 25.3 Å². The molecule has 0 aliphatic carbocycles. The molecule has 0 saturated carbocycles. The minimum absolute atomic E-state index is 0.495. The molecule has 0 spiro atoms. The number of hydrogen-bond donors (Lipinski definition) is 0. The lowest BCUT2D eigenvalue weighted by Gasteiger charge is -1.96. The minimum atomic E-state index is 0.495. The summed E-state index contributed by atoms with van der Waals surface area (Å²) in [5.41, 5.74) is 0.856. The fraction of sp³-hybridized carbons (Fsp3) is 0.182. The summed E-state index contributed by atoms with van der Waals surface area (Å²) >= 11 is 11.7. The van der Waals surface area contributed by atoms with Crippen molar-refractivity contribution in [3.8, 4) is 11.8 Å². The maximum atomic E-state index is 5.93. The predicted octanol–water partition coefficient (Wildman–Crippen LogP) is 3.44. The Kier molecular flexibility index (Phi) is 4.52. The van der Waals surface area contributed by atoms with Crippen LogP contribution in [0.3, 0.4) is 0 Å². The second-order valence-corrected chi connectivity index (χ2v) is 3.41. The van der Waals surface area contributed by atoms with Crippen LogP contribution in [-0.2, 0) is 0 Å². The topological polar surface area (TPSA) is 12.4 Å². The molecule has 1 nitrogen and oxygen atoms in total. The van der Waals surface area contributed by atoms with Crippen molar-refractivity contribution in [2.24, 2.45) is 4.99 Å². The molecule has 0 heterocycles. The lowest BCUT2D eigenvalue weighted by molar-refractivity contribution is 1.30. The first-order valence-corrected chi connectivity index (χ1v) is 4.84. The largest absolute Gasteiger partial charge is 0.280 e. The molecule has 1 rings (SSSR count). The third-order valence-electron chi connectivity index (χ3n) is 1.54. The summed E-state index contributed by atoms with van der Waals surface area (Å²) in [7, 11) is 0. The molecular formula is C11H9Cl2N. The number of halogens is 2. The first-order valence-electron chi connectivity index (χ1n) is 4.08. The molecule has 0 saturated heterocycles. The quantitative estimate of drug-likeness (QED) is 0.541. The van der Waals surface area contributed by atoms with Crippen LogP contribution in [0.4, 0.5) is 0 Å². The molecule has 0 unspecified atom stereocenters. The number of aliphatic imine (C=N–C) groups is 1. The zero-order chi connectivity index (χ0) is 10.4. The Morgan fingerprint density at radius 3 is 2.86 bits per heavy atom. The van der Waals surface area contributed by atoms with Gasteiger partial charge in [0.2, 0.25) is 0 Å². The summed E-state index contributed by atoms with van der Waals surface area (Å²) in [6, 6.07) is 5.30. The highest BCUT2D eigenvalue weighted by Crippen LogP contribution is 2.19. The molecule has 0 fully saturated rings. The Balaban J connectivity index is 2.75. The Morgan fingerprint density at radius 1 is 1.43 bits per heavy atom. The summed E-state index contributed by atoms with van der Waals surface area (Å²) in [4.78, 5) is 4.10. The number of hydrogen-bond acceptors (Lipinski definition) is 1. The average Bonchev–Trinajstić information content (AvgIpc) is 2.15. The molecule has 0 N–H and O–H groups in total. The fourth-order valence-corrected chi connectivity index (χ4v) is 1.33. The summed E-state index contributed by atoms with van der Waals surface area (Å²) in [5.74, 6) is 5.59. The highest BCUT2D eigenvalue weighted by atomic mass is 35.5. The molecule has 1 aromatic carbocycles. The second-order valence-electron chi connectivity index (χ2n) is 2.56. The van der Waals surface area contributed by atoms with Crippen LogP contribution in [-0.4, -0.2) is 12.8 Å². The molecule has 0 aliphatic rings. The normalized spacial score (nSPS) is 9.93. The van der Waals surface area contributed by atoms with Crippen molar-refractivity contribution in [1.29, 1.82) is 0 Å². The van der Waals surface area contributed by atoms with Gasteiger partial charge in [-0.25, -0.2) is 0 Å². The van der Waals surface area contributed by atoms with E-state index in [1.807, 2.05) is 6.07 Å². The summed E-state index contributed by atoms with van der Waals surface area (Å²) in [5, 5.41) is 1.23. The van der Waals surface area contributed by atoms with Gasteiger partial charge in [-0.1, -0.05) is 35.2 Å². The van der Waals surface area contributed by atoms with Crippen molar-refractivity contribution in [2.75, 3.05) is 6.54 Å². The van der Waals surface area contributed by atoms with Crippen LogP contribution in [0, 0.1) is 11.8 Å². The summed E-state index contributed by atoms with van der Waals surface area (Å²) in [6.07, 6.45) is 1.70. The van der Waals surface area contributed by atoms with Crippen molar-refractivity contribution < 1.29 is 0 Å². The van der Waals surface area contributed by atoms with Crippen LogP contribution in [0.1, 0.15) is 12.5 Å². The van der Waals surface area contributed by atoms with Gasteiger partial charge < -0.3 is 0 Å². The SMILES string of the molecule is CC#CC/N=C/c1ccc(Cl)cc1Cl. The van der Waals surface area contributed by atoms with Crippen LogP contribution in [0.5, 0.6) is 0 Å². The van der Waals surface area contributed by atoms with E-state index in [-0.39, 0.29) is 0 Å². The zero-order valence-corrected chi connectivity index (χ0v) is 9.23. The third-order valence-corrected chi connectivity index (χ3v) is 2.10. The van der Waals surface area contributed by atoms with Gasteiger partial charge in [-0.05, 0) is 19.1 Å². The number of benzene rings is 1. The second kappa shape index (κ2) is 5.70. The van der Waals surface area contributed by atoms with Gasteiger partial charge in [0.15, 0.2) is 0 Å². The van der Waals surface area contributed by atoms with Gasteiger partial charge in [0.25, 0.3) is 0 Å². The van der Waals surface area contributed by atoms with Crippen molar-refractivity contribution in [3.05, 3.63) is 33.8 Å². The van der Waals surface area contributed by atoms with E-state index >= 15 is 0 Å². The molecule has 0 bridgehead atoms. The van der Waals surface area contributed by atoms with Crippen LogP contribution in [0.15, 0.2) is 23.2 Å². The van der Waals surface area contributed by atoms with E-state index in [9.17, 15) is 0 Å². The van der Waals surface area contributed by atoms with E-state index < -0.39 is 0 Å². The van der Waals surface area contributed by atoms with Crippen molar-refractivity contribution in [2.45, 2.75) is 6.92 Å². The summed E-state index contributed by atoms with van der Waals surface area (Å²) in [6.45, 7) is 2.28. The lowest BCUT2D eigenvalue weighted by Crippen LogP contribution is -1.84. The minimum Gasteiger partial charge on any atom is -0.280 e. The summed E-state index contributed by atoms with van der Waals surface area (Å²) < 4.78 is 0. The molecule has 0 aliphatic heterocycles. The molecular weight excluding hydrogens is 217 g/mol. The van der Waals surface area contributed by atoms with Crippen molar-refractivity contribution in [3.63, 3.8) is 0 Å². The van der Waals surface area contributed by atoms with Gasteiger partial charge in [0.05, 0.1) is 11.6 Å². The maximum Gasteiger partial charge on any atom is 0.0997 e. The third kappa shape index (κ3) is 3.41. The lowest BCUT2D eigenvalue weighted by atomic mass is 10.2. The van der Waals surface area contributed by atoms with Crippen LogP contribution < -0.4 is 0 Å². The number of nitrogens with zero attached hydrogens (tertiary/aromatic N) is 1. The maximum absolute atomic E-state index is 5.93. The Bertz CT molecular complexity index is 399. The van der Waals surface area contributed by atoms with E-state index in [4.69, 9.17) is 23.2 Å². The standard InChI is InChI=1S/C11H9Cl2N/c1-2-3-6-14-8-9-4-5-10(12)7-11(9)13/h4-5,7-8H,6H2,1H3/b14-8+. The van der Waals surface area contributed by atoms with Crippen molar-refractivity contribution in [1.82, 2.24) is 0 Å². The fourth-order valence-electron chi connectivity index (χ4n) is 0.875. The van der Waals surface area contributed by atoms with Gasteiger partial charge in [-0.15, -0.1) is 5.92 Å². The Labute approximate surface area is 93.8 Å².